The minimum absolute atomic E-state index is 0.171. The predicted octanol–water partition coefficient (Wildman–Crippen LogP) is 3.81. The summed E-state index contributed by atoms with van der Waals surface area (Å²) in [7, 11) is 1.32. The summed E-state index contributed by atoms with van der Waals surface area (Å²) in [4.78, 5) is 23.7. The topological polar surface area (TPSA) is 64.6 Å². The second kappa shape index (κ2) is 8.33. The average Bonchev–Trinajstić information content (AvgIpc) is 2.59. The maximum Gasteiger partial charge on any atom is 0.337 e. The molecule has 0 fully saturated rings. The van der Waals surface area contributed by atoms with E-state index in [1.165, 1.54) is 7.11 Å². The number of aryl methyl sites for hydroxylation is 3. The highest BCUT2D eigenvalue weighted by molar-refractivity contribution is 5.95. The van der Waals surface area contributed by atoms with Gasteiger partial charge in [0.1, 0.15) is 5.75 Å². The molecule has 5 nitrogen and oxygen atoms in total. The van der Waals surface area contributed by atoms with E-state index in [9.17, 15) is 9.59 Å². The van der Waals surface area contributed by atoms with E-state index in [0.717, 1.165) is 22.4 Å². The SMILES string of the molecule is COC(=O)c1ccc(C)c(NC(=O)CCOc2cc(C)ccc2C)c1. The number of nitrogens with one attached hydrogen (secondary N) is 1. The number of amides is 1. The molecule has 2 aromatic carbocycles. The molecule has 0 aliphatic rings. The van der Waals surface area contributed by atoms with Crippen LogP contribution < -0.4 is 10.1 Å². The first-order chi connectivity index (χ1) is 11.9. The lowest BCUT2D eigenvalue weighted by Crippen LogP contribution is -2.16. The zero-order valence-corrected chi connectivity index (χ0v) is 15.0. The molecule has 0 heterocycles. The normalized spacial score (nSPS) is 10.2. The van der Waals surface area contributed by atoms with Crippen LogP contribution in [-0.2, 0) is 9.53 Å². The van der Waals surface area contributed by atoms with Gasteiger partial charge in [-0.3, -0.25) is 4.79 Å². The van der Waals surface area contributed by atoms with Gasteiger partial charge >= 0.3 is 5.97 Å². The summed E-state index contributed by atoms with van der Waals surface area (Å²) in [6.07, 6.45) is 0.218. The van der Waals surface area contributed by atoms with Crippen molar-refractivity contribution >= 4 is 17.6 Å². The Morgan fingerprint density at radius 2 is 1.72 bits per heavy atom. The van der Waals surface area contributed by atoms with Crippen LogP contribution in [-0.4, -0.2) is 25.6 Å². The van der Waals surface area contributed by atoms with Crippen molar-refractivity contribution in [2.24, 2.45) is 0 Å². The van der Waals surface area contributed by atoms with E-state index in [0.29, 0.717) is 11.3 Å². The van der Waals surface area contributed by atoms with E-state index >= 15 is 0 Å². The standard InChI is InChI=1S/C20H23NO4/c1-13-5-6-15(3)18(11-13)25-10-9-19(22)21-17-12-16(20(23)24-4)8-7-14(17)2/h5-8,11-12H,9-10H2,1-4H3,(H,21,22). The number of esters is 1. The number of carbonyl (C=O) groups is 2. The lowest BCUT2D eigenvalue weighted by Gasteiger charge is -2.12. The third-order valence-corrected chi connectivity index (χ3v) is 3.86. The lowest BCUT2D eigenvalue weighted by molar-refractivity contribution is -0.116. The van der Waals surface area contributed by atoms with Crippen LogP contribution in [0.4, 0.5) is 5.69 Å². The van der Waals surface area contributed by atoms with Gasteiger partial charge < -0.3 is 14.8 Å². The number of rotatable bonds is 6. The molecule has 0 saturated carbocycles. The van der Waals surface area contributed by atoms with Gasteiger partial charge in [0, 0.05) is 5.69 Å². The number of benzene rings is 2. The zero-order valence-electron chi connectivity index (χ0n) is 15.0. The van der Waals surface area contributed by atoms with Gasteiger partial charge in [-0.25, -0.2) is 4.79 Å². The van der Waals surface area contributed by atoms with Crippen molar-refractivity contribution in [3.8, 4) is 5.75 Å². The number of hydrogen-bond acceptors (Lipinski definition) is 4. The Bertz CT molecular complexity index is 783. The molecule has 5 heteroatoms. The van der Waals surface area contributed by atoms with Crippen LogP contribution >= 0.6 is 0 Å². The highest BCUT2D eigenvalue weighted by atomic mass is 16.5. The Hall–Kier alpha value is -2.82. The average molecular weight is 341 g/mol. The molecule has 25 heavy (non-hydrogen) atoms. The monoisotopic (exact) mass is 341 g/mol. The second-order valence-electron chi connectivity index (χ2n) is 5.94. The van der Waals surface area contributed by atoms with Crippen molar-refractivity contribution in [1.29, 1.82) is 0 Å². The van der Waals surface area contributed by atoms with Crippen molar-refractivity contribution in [2.75, 3.05) is 19.0 Å². The summed E-state index contributed by atoms with van der Waals surface area (Å²) in [6.45, 7) is 6.11. The van der Waals surface area contributed by atoms with Gasteiger partial charge in [-0.05, 0) is 55.7 Å². The minimum atomic E-state index is -0.436. The van der Waals surface area contributed by atoms with Crippen LogP contribution in [0.5, 0.6) is 5.75 Å². The van der Waals surface area contributed by atoms with Gasteiger partial charge in [0.2, 0.25) is 5.91 Å². The number of methoxy groups -OCH3 is 1. The molecule has 1 N–H and O–H groups in total. The molecule has 0 bridgehead atoms. The third-order valence-electron chi connectivity index (χ3n) is 3.86. The Morgan fingerprint density at radius 3 is 2.44 bits per heavy atom. The lowest BCUT2D eigenvalue weighted by atomic mass is 10.1. The van der Waals surface area contributed by atoms with Crippen LogP contribution in [0.2, 0.25) is 0 Å². The summed E-state index contributed by atoms with van der Waals surface area (Å²) < 4.78 is 10.4. The number of carbonyl (C=O) groups excluding carboxylic acids is 2. The molecule has 2 rings (SSSR count). The Balaban J connectivity index is 1.94. The Labute approximate surface area is 148 Å². The summed E-state index contributed by atoms with van der Waals surface area (Å²) in [5, 5.41) is 2.82. The van der Waals surface area contributed by atoms with Crippen molar-refractivity contribution in [3.05, 3.63) is 58.7 Å². The molecule has 0 radical (unpaired) electrons. The molecule has 0 saturated heterocycles. The quantitative estimate of drug-likeness (QED) is 0.812. The van der Waals surface area contributed by atoms with E-state index in [-0.39, 0.29) is 18.9 Å². The summed E-state index contributed by atoms with van der Waals surface area (Å²) in [5.41, 5.74) is 4.01. The van der Waals surface area contributed by atoms with E-state index in [2.05, 4.69) is 5.32 Å². The van der Waals surface area contributed by atoms with Gasteiger partial charge in [0.05, 0.1) is 25.7 Å². The molecule has 0 aliphatic heterocycles. The van der Waals surface area contributed by atoms with Crippen molar-refractivity contribution < 1.29 is 19.1 Å². The van der Waals surface area contributed by atoms with Crippen LogP contribution in [0.1, 0.15) is 33.5 Å². The van der Waals surface area contributed by atoms with Crippen LogP contribution in [0.25, 0.3) is 0 Å². The van der Waals surface area contributed by atoms with Gasteiger partial charge in [-0.2, -0.15) is 0 Å². The minimum Gasteiger partial charge on any atom is -0.493 e. The van der Waals surface area contributed by atoms with E-state index in [1.807, 2.05) is 39.0 Å². The molecule has 0 unspecified atom stereocenters. The van der Waals surface area contributed by atoms with Crippen molar-refractivity contribution in [2.45, 2.75) is 27.2 Å². The third kappa shape index (κ3) is 5.08. The maximum atomic E-state index is 12.2. The number of hydrogen-bond donors (Lipinski definition) is 1. The highest BCUT2D eigenvalue weighted by Crippen LogP contribution is 2.20. The van der Waals surface area contributed by atoms with E-state index in [1.54, 1.807) is 18.2 Å². The largest absolute Gasteiger partial charge is 0.493 e. The van der Waals surface area contributed by atoms with Gasteiger partial charge in [-0.15, -0.1) is 0 Å². The molecular weight excluding hydrogens is 318 g/mol. The first-order valence-corrected chi connectivity index (χ1v) is 8.09. The molecule has 2 aromatic rings. The highest BCUT2D eigenvalue weighted by Gasteiger charge is 2.11. The van der Waals surface area contributed by atoms with E-state index < -0.39 is 5.97 Å². The molecule has 0 aromatic heterocycles. The van der Waals surface area contributed by atoms with Crippen LogP contribution in [0.15, 0.2) is 36.4 Å². The van der Waals surface area contributed by atoms with Gasteiger partial charge in [-0.1, -0.05) is 18.2 Å². The Kier molecular flexibility index (Phi) is 6.17. The molecule has 0 aliphatic carbocycles. The number of anilines is 1. The van der Waals surface area contributed by atoms with Gasteiger partial charge in [0.25, 0.3) is 0 Å². The molecular formula is C20H23NO4. The summed E-state index contributed by atoms with van der Waals surface area (Å²) in [6, 6.07) is 11.0. The smallest absolute Gasteiger partial charge is 0.337 e. The molecule has 0 spiro atoms. The first-order valence-electron chi connectivity index (χ1n) is 8.09. The fourth-order valence-electron chi connectivity index (χ4n) is 2.33. The Morgan fingerprint density at radius 1 is 1.00 bits per heavy atom. The van der Waals surface area contributed by atoms with Crippen molar-refractivity contribution in [3.63, 3.8) is 0 Å². The molecule has 0 atom stereocenters. The predicted molar refractivity (Wildman–Crippen MR) is 97.2 cm³/mol. The fraction of sp³-hybridized carbons (Fsp3) is 0.300. The van der Waals surface area contributed by atoms with Crippen LogP contribution in [0.3, 0.4) is 0 Å². The zero-order chi connectivity index (χ0) is 18.4. The van der Waals surface area contributed by atoms with Crippen LogP contribution in [0, 0.1) is 20.8 Å². The maximum absolute atomic E-state index is 12.2. The summed E-state index contributed by atoms with van der Waals surface area (Å²) in [5.74, 6) is 0.181. The number of ether oxygens (including phenoxy) is 2. The van der Waals surface area contributed by atoms with E-state index in [4.69, 9.17) is 9.47 Å². The van der Waals surface area contributed by atoms with Gasteiger partial charge in [0.15, 0.2) is 0 Å². The summed E-state index contributed by atoms with van der Waals surface area (Å²) >= 11 is 0. The van der Waals surface area contributed by atoms with Crippen molar-refractivity contribution in [1.82, 2.24) is 0 Å². The molecule has 1 amide bonds. The second-order valence-corrected chi connectivity index (χ2v) is 5.94. The first kappa shape index (κ1) is 18.5. The fourth-order valence-corrected chi connectivity index (χ4v) is 2.33. The molecule has 132 valence electrons.